The van der Waals surface area contributed by atoms with Crippen molar-refractivity contribution in [3.63, 3.8) is 0 Å². The number of hydrogen-bond acceptors (Lipinski definition) is 5. The van der Waals surface area contributed by atoms with E-state index in [-0.39, 0.29) is 5.91 Å². The van der Waals surface area contributed by atoms with Gasteiger partial charge in [0.05, 0.1) is 30.5 Å². The van der Waals surface area contributed by atoms with Gasteiger partial charge in [0, 0.05) is 13.1 Å². The van der Waals surface area contributed by atoms with Crippen LogP contribution in [-0.4, -0.2) is 36.6 Å². The smallest absolute Gasteiger partial charge is 0.246 e. The minimum atomic E-state index is -0.0773. The van der Waals surface area contributed by atoms with Gasteiger partial charge in [-0.1, -0.05) is 31.5 Å². The van der Waals surface area contributed by atoms with Gasteiger partial charge in [0.25, 0.3) is 0 Å². The highest BCUT2D eigenvalue weighted by Crippen LogP contribution is 2.29. The summed E-state index contributed by atoms with van der Waals surface area (Å²) in [5.41, 5.74) is 1.85. The van der Waals surface area contributed by atoms with Crippen LogP contribution in [0.3, 0.4) is 0 Å². The Morgan fingerprint density at radius 2 is 2.03 bits per heavy atom. The third-order valence-electron chi connectivity index (χ3n) is 4.45. The molecule has 0 aliphatic rings. The van der Waals surface area contributed by atoms with Gasteiger partial charge in [0.15, 0.2) is 11.5 Å². The zero-order valence-corrected chi connectivity index (χ0v) is 17.9. The van der Waals surface area contributed by atoms with Gasteiger partial charge < -0.3 is 14.4 Å². The van der Waals surface area contributed by atoms with Gasteiger partial charge in [-0.2, -0.15) is 0 Å². The zero-order valence-electron chi connectivity index (χ0n) is 17.1. The molecule has 6 heteroatoms. The molecule has 0 fully saturated rings. The number of rotatable bonds is 9. The Bertz CT molecular complexity index is 964. The first-order chi connectivity index (χ1) is 14.1. The van der Waals surface area contributed by atoms with Crippen LogP contribution in [0.25, 0.3) is 16.3 Å². The summed E-state index contributed by atoms with van der Waals surface area (Å²) in [7, 11) is 3.40. The molecule has 29 heavy (non-hydrogen) atoms. The summed E-state index contributed by atoms with van der Waals surface area (Å²) in [6.45, 7) is 3.27. The van der Waals surface area contributed by atoms with Crippen LogP contribution in [0.2, 0.25) is 0 Å². The first kappa shape index (κ1) is 20.9. The van der Waals surface area contributed by atoms with Crippen molar-refractivity contribution in [2.24, 2.45) is 0 Å². The highest BCUT2D eigenvalue weighted by molar-refractivity contribution is 7.18. The third kappa shape index (κ3) is 5.57. The molecule has 0 saturated carbocycles. The lowest BCUT2D eigenvalue weighted by Gasteiger charge is -2.13. The fourth-order valence-electron chi connectivity index (χ4n) is 2.80. The molecule has 3 rings (SSSR count). The van der Waals surface area contributed by atoms with E-state index in [2.05, 4.69) is 11.9 Å². The number of thiazole rings is 1. The predicted octanol–water partition coefficient (Wildman–Crippen LogP) is 5.16. The van der Waals surface area contributed by atoms with E-state index in [4.69, 9.17) is 9.47 Å². The molecule has 0 aliphatic carbocycles. The number of hydrogen-bond donors (Lipinski definition) is 0. The van der Waals surface area contributed by atoms with Gasteiger partial charge in [-0.05, 0) is 42.3 Å². The summed E-state index contributed by atoms with van der Waals surface area (Å²) >= 11 is 1.61. The largest absolute Gasteiger partial charge is 0.493 e. The zero-order chi connectivity index (χ0) is 20.6. The lowest BCUT2D eigenvalue weighted by Crippen LogP contribution is -2.23. The molecule has 0 N–H and O–H groups in total. The van der Waals surface area contributed by atoms with Crippen LogP contribution in [0.1, 0.15) is 30.3 Å². The molecule has 0 saturated heterocycles. The van der Waals surface area contributed by atoms with Crippen LogP contribution in [0.5, 0.6) is 11.5 Å². The van der Waals surface area contributed by atoms with E-state index in [1.807, 2.05) is 42.5 Å². The second-order valence-electron chi connectivity index (χ2n) is 6.72. The minimum Gasteiger partial charge on any atom is -0.493 e. The molecule has 2 aromatic carbocycles. The molecule has 3 aromatic rings. The van der Waals surface area contributed by atoms with Crippen LogP contribution in [0.15, 0.2) is 48.5 Å². The number of likely N-dealkylation sites (N-methyl/N-ethyl adjacent to an activating group) is 1. The van der Waals surface area contributed by atoms with Gasteiger partial charge in [0.2, 0.25) is 5.91 Å². The Balaban J connectivity index is 1.62. The normalized spacial score (nSPS) is 11.1. The van der Waals surface area contributed by atoms with Gasteiger partial charge in [0.1, 0.15) is 5.01 Å². The summed E-state index contributed by atoms with van der Waals surface area (Å²) in [4.78, 5) is 18.7. The van der Waals surface area contributed by atoms with Crippen molar-refractivity contribution in [2.45, 2.75) is 26.3 Å². The highest BCUT2D eigenvalue weighted by Gasteiger charge is 2.10. The number of carbonyl (C=O) groups is 1. The van der Waals surface area contributed by atoms with Crippen LogP contribution in [0.4, 0.5) is 0 Å². The predicted molar refractivity (Wildman–Crippen MR) is 119 cm³/mol. The van der Waals surface area contributed by atoms with Crippen molar-refractivity contribution in [3.8, 4) is 11.5 Å². The average Bonchev–Trinajstić information content (AvgIpc) is 3.14. The maximum Gasteiger partial charge on any atom is 0.246 e. The molecule has 152 valence electrons. The number of amides is 1. The Morgan fingerprint density at radius 3 is 2.79 bits per heavy atom. The van der Waals surface area contributed by atoms with E-state index in [0.29, 0.717) is 18.9 Å². The second kappa shape index (κ2) is 10.1. The topological polar surface area (TPSA) is 51.7 Å². The molecule has 0 bridgehead atoms. The Labute approximate surface area is 175 Å². The first-order valence-corrected chi connectivity index (χ1v) is 10.5. The summed E-state index contributed by atoms with van der Waals surface area (Å²) in [6, 6.07) is 13.7. The van der Waals surface area contributed by atoms with Crippen LogP contribution < -0.4 is 9.47 Å². The van der Waals surface area contributed by atoms with Crippen molar-refractivity contribution in [3.05, 3.63) is 59.1 Å². The van der Waals surface area contributed by atoms with Crippen molar-refractivity contribution < 1.29 is 14.3 Å². The second-order valence-corrected chi connectivity index (χ2v) is 7.83. The van der Waals surface area contributed by atoms with Crippen LogP contribution in [-0.2, 0) is 11.3 Å². The number of carbonyl (C=O) groups excluding carboxylic acids is 1. The fourth-order valence-corrected chi connectivity index (χ4v) is 3.82. The fraction of sp³-hybridized carbons (Fsp3) is 0.304. The van der Waals surface area contributed by atoms with E-state index in [1.165, 1.54) is 0 Å². The molecule has 0 radical (unpaired) electrons. The maximum atomic E-state index is 12.5. The average molecular weight is 411 g/mol. The summed E-state index contributed by atoms with van der Waals surface area (Å²) in [5.74, 6) is 1.31. The number of benzene rings is 2. The molecular weight excluding hydrogens is 384 g/mol. The number of ether oxygens (including phenoxy) is 2. The minimum absolute atomic E-state index is 0.0773. The lowest BCUT2D eigenvalue weighted by atomic mass is 10.2. The first-order valence-electron chi connectivity index (χ1n) is 9.69. The molecule has 1 amide bonds. The van der Waals surface area contributed by atoms with Crippen molar-refractivity contribution in [1.29, 1.82) is 0 Å². The molecule has 0 unspecified atom stereocenters. The number of methoxy groups -OCH3 is 1. The van der Waals surface area contributed by atoms with Crippen molar-refractivity contribution in [1.82, 2.24) is 9.88 Å². The van der Waals surface area contributed by atoms with Crippen LogP contribution in [0, 0.1) is 0 Å². The van der Waals surface area contributed by atoms with Gasteiger partial charge >= 0.3 is 0 Å². The number of nitrogens with zero attached hydrogens (tertiary/aromatic N) is 2. The molecule has 5 nitrogen and oxygen atoms in total. The SMILES string of the molecule is CCCCOc1ccc(/C=C/C(=O)N(C)Cc2nc3ccccc3s2)cc1OC. The number of unbranched alkanes of at least 4 members (excludes halogenated alkanes) is 1. The quantitative estimate of drug-likeness (QED) is 0.361. The van der Waals surface area contributed by atoms with E-state index in [9.17, 15) is 4.79 Å². The molecular formula is C23H26N2O3S. The number of para-hydroxylation sites is 1. The molecule has 1 heterocycles. The number of fused-ring (bicyclic) bond motifs is 1. The van der Waals surface area contributed by atoms with Gasteiger partial charge in [-0.15, -0.1) is 11.3 Å². The van der Waals surface area contributed by atoms with Crippen molar-refractivity contribution in [2.75, 3.05) is 20.8 Å². The van der Waals surface area contributed by atoms with E-state index >= 15 is 0 Å². The Morgan fingerprint density at radius 1 is 1.21 bits per heavy atom. The lowest BCUT2D eigenvalue weighted by molar-refractivity contribution is -0.125. The summed E-state index contributed by atoms with van der Waals surface area (Å²) in [6.07, 6.45) is 5.44. The van der Waals surface area contributed by atoms with E-state index in [0.717, 1.165) is 39.4 Å². The van der Waals surface area contributed by atoms with Gasteiger partial charge in [-0.3, -0.25) is 4.79 Å². The molecule has 0 atom stereocenters. The highest BCUT2D eigenvalue weighted by atomic mass is 32.1. The molecule has 0 aliphatic heterocycles. The van der Waals surface area contributed by atoms with Crippen LogP contribution >= 0.6 is 11.3 Å². The van der Waals surface area contributed by atoms with E-state index < -0.39 is 0 Å². The Hall–Kier alpha value is -2.86. The monoisotopic (exact) mass is 410 g/mol. The summed E-state index contributed by atoms with van der Waals surface area (Å²) in [5, 5.41) is 0.922. The van der Waals surface area contributed by atoms with E-state index in [1.54, 1.807) is 42.5 Å². The summed E-state index contributed by atoms with van der Waals surface area (Å²) < 4.78 is 12.3. The Kier molecular flexibility index (Phi) is 7.25. The number of aromatic nitrogens is 1. The standard InChI is InChI=1S/C23H26N2O3S/c1-4-5-14-28-19-12-10-17(15-20(19)27-3)11-13-23(26)25(2)16-22-24-18-8-6-7-9-21(18)29-22/h6-13,15H,4-5,14,16H2,1-3H3/b13-11+. The molecule has 0 spiro atoms. The van der Waals surface area contributed by atoms with Gasteiger partial charge in [-0.25, -0.2) is 4.98 Å². The van der Waals surface area contributed by atoms with Crippen molar-refractivity contribution >= 4 is 33.5 Å². The third-order valence-corrected chi connectivity index (χ3v) is 5.47. The molecule has 1 aromatic heterocycles. The maximum absolute atomic E-state index is 12.5.